The fraction of sp³-hybridized carbons (Fsp3) is 0.250. The summed E-state index contributed by atoms with van der Waals surface area (Å²) < 4.78 is 1.87. The lowest BCUT2D eigenvalue weighted by atomic mass is 10.1. The molecule has 1 aromatic carbocycles. The van der Waals surface area contributed by atoms with Gasteiger partial charge in [-0.05, 0) is 36.4 Å². The first-order valence-electron chi connectivity index (χ1n) is 5.33. The van der Waals surface area contributed by atoms with Crippen LogP contribution in [0.15, 0.2) is 28.3 Å². The number of aromatic nitrogens is 3. The molecule has 5 nitrogen and oxygen atoms in total. The number of aliphatic hydroxyl groups excluding tert-OH is 1. The summed E-state index contributed by atoms with van der Waals surface area (Å²) in [5.74, 6) is 0.822. The monoisotopic (exact) mass is 260 g/mol. The van der Waals surface area contributed by atoms with Crippen LogP contribution in [0, 0.1) is 18.3 Å². The maximum atomic E-state index is 9.10. The highest BCUT2D eigenvalue weighted by Crippen LogP contribution is 2.29. The van der Waals surface area contributed by atoms with Crippen LogP contribution in [-0.4, -0.2) is 19.9 Å². The minimum Gasteiger partial charge on any atom is -0.392 e. The SMILES string of the molecule is Cc1nnc(Sc2ccc(CO)cc2C#N)n1C. The first-order valence-corrected chi connectivity index (χ1v) is 6.15. The molecule has 0 aliphatic heterocycles. The average molecular weight is 260 g/mol. The zero-order valence-corrected chi connectivity index (χ0v) is 10.9. The molecule has 0 saturated heterocycles. The Bertz CT molecular complexity index is 615. The van der Waals surface area contributed by atoms with Gasteiger partial charge >= 0.3 is 0 Å². The van der Waals surface area contributed by atoms with Gasteiger partial charge in [0.2, 0.25) is 0 Å². The molecule has 0 atom stereocenters. The second-order valence-electron chi connectivity index (χ2n) is 3.79. The van der Waals surface area contributed by atoms with E-state index in [1.54, 1.807) is 12.1 Å². The molecule has 2 aromatic rings. The van der Waals surface area contributed by atoms with Crippen molar-refractivity contribution in [3.8, 4) is 6.07 Å². The van der Waals surface area contributed by atoms with Gasteiger partial charge in [-0.25, -0.2) is 0 Å². The van der Waals surface area contributed by atoms with E-state index in [4.69, 9.17) is 10.4 Å². The molecule has 1 N–H and O–H groups in total. The Labute approximate surface area is 109 Å². The molecule has 18 heavy (non-hydrogen) atoms. The van der Waals surface area contributed by atoms with Crippen molar-refractivity contribution in [3.05, 3.63) is 35.2 Å². The van der Waals surface area contributed by atoms with E-state index in [1.807, 2.05) is 24.6 Å². The molecular formula is C12H12N4OS. The highest BCUT2D eigenvalue weighted by Gasteiger charge is 2.10. The van der Waals surface area contributed by atoms with Gasteiger partial charge in [-0.3, -0.25) is 0 Å². The van der Waals surface area contributed by atoms with Crippen LogP contribution < -0.4 is 0 Å². The third-order valence-electron chi connectivity index (χ3n) is 2.60. The van der Waals surface area contributed by atoms with Crippen molar-refractivity contribution >= 4 is 11.8 Å². The van der Waals surface area contributed by atoms with Gasteiger partial charge < -0.3 is 9.67 Å². The number of aliphatic hydroxyl groups is 1. The van der Waals surface area contributed by atoms with E-state index in [1.165, 1.54) is 11.8 Å². The number of aryl methyl sites for hydroxylation is 1. The zero-order chi connectivity index (χ0) is 13.1. The molecule has 1 aromatic heterocycles. The van der Waals surface area contributed by atoms with Gasteiger partial charge in [0.1, 0.15) is 11.9 Å². The minimum absolute atomic E-state index is 0.0668. The molecule has 0 aliphatic carbocycles. The number of nitrogens with zero attached hydrogens (tertiary/aromatic N) is 4. The third-order valence-corrected chi connectivity index (χ3v) is 3.71. The number of hydrogen-bond donors (Lipinski definition) is 1. The summed E-state index contributed by atoms with van der Waals surface area (Å²) in [5, 5.41) is 26.9. The molecule has 0 fully saturated rings. The lowest BCUT2D eigenvalue weighted by molar-refractivity contribution is 0.281. The van der Waals surface area contributed by atoms with Crippen molar-refractivity contribution < 1.29 is 5.11 Å². The summed E-state index contributed by atoms with van der Waals surface area (Å²) in [6, 6.07) is 7.43. The van der Waals surface area contributed by atoms with E-state index in [0.29, 0.717) is 5.56 Å². The van der Waals surface area contributed by atoms with Crippen molar-refractivity contribution in [2.24, 2.45) is 7.05 Å². The van der Waals surface area contributed by atoms with Gasteiger partial charge in [0.15, 0.2) is 5.16 Å². The zero-order valence-electron chi connectivity index (χ0n) is 10.1. The molecule has 0 radical (unpaired) electrons. The van der Waals surface area contributed by atoms with Crippen LogP contribution in [0.25, 0.3) is 0 Å². The molecular weight excluding hydrogens is 248 g/mol. The van der Waals surface area contributed by atoms with Crippen LogP contribution in [0.3, 0.4) is 0 Å². The lowest BCUT2D eigenvalue weighted by Crippen LogP contribution is -1.94. The van der Waals surface area contributed by atoms with Gasteiger partial charge in [0, 0.05) is 11.9 Å². The first-order chi connectivity index (χ1) is 8.65. The first kappa shape index (κ1) is 12.6. The Morgan fingerprint density at radius 2 is 2.22 bits per heavy atom. The Kier molecular flexibility index (Phi) is 3.65. The Morgan fingerprint density at radius 3 is 2.78 bits per heavy atom. The molecule has 0 amide bonds. The third kappa shape index (κ3) is 2.37. The van der Waals surface area contributed by atoms with Crippen molar-refractivity contribution in [3.63, 3.8) is 0 Å². The average Bonchev–Trinajstić information content (AvgIpc) is 2.71. The van der Waals surface area contributed by atoms with Crippen LogP contribution in [0.1, 0.15) is 17.0 Å². The second-order valence-corrected chi connectivity index (χ2v) is 4.80. The Balaban J connectivity index is 2.35. The molecule has 0 unspecified atom stereocenters. The second kappa shape index (κ2) is 5.21. The number of nitriles is 1. The van der Waals surface area contributed by atoms with E-state index in [-0.39, 0.29) is 6.61 Å². The fourth-order valence-corrected chi connectivity index (χ4v) is 2.32. The summed E-state index contributed by atoms with van der Waals surface area (Å²) in [7, 11) is 1.88. The summed E-state index contributed by atoms with van der Waals surface area (Å²) in [4.78, 5) is 0.810. The van der Waals surface area contributed by atoms with Crippen molar-refractivity contribution in [2.45, 2.75) is 23.6 Å². The van der Waals surface area contributed by atoms with Crippen LogP contribution in [0.2, 0.25) is 0 Å². The van der Waals surface area contributed by atoms with Crippen LogP contribution >= 0.6 is 11.8 Å². The highest BCUT2D eigenvalue weighted by molar-refractivity contribution is 7.99. The summed E-state index contributed by atoms with van der Waals surface area (Å²) in [6.07, 6.45) is 0. The summed E-state index contributed by atoms with van der Waals surface area (Å²) >= 11 is 1.39. The maximum Gasteiger partial charge on any atom is 0.195 e. The quantitative estimate of drug-likeness (QED) is 0.908. The largest absolute Gasteiger partial charge is 0.392 e. The van der Waals surface area contributed by atoms with E-state index < -0.39 is 0 Å². The molecule has 1 heterocycles. The predicted molar refractivity (Wildman–Crippen MR) is 66.9 cm³/mol. The van der Waals surface area contributed by atoms with E-state index in [0.717, 1.165) is 21.4 Å². The van der Waals surface area contributed by atoms with Gasteiger partial charge in [-0.2, -0.15) is 5.26 Å². The predicted octanol–water partition coefficient (Wildman–Crippen LogP) is 1.64. The number of rotatable bonds is 3. The fourth-order valence-electron chi connectivity index (χ4n) is 1.43. The maximum absolute atomic E-state index is 9.10. The molecule has 6 heteroatoms. The molecule has 0 spiro atoms. The Morgan fingerprint density at radius 1 is 1.44 bits per heavy atom. The van der Waals surface area contributed by atoms with Crippen molar-refractivity contribution in [1.29, 1.82) is 5.26 Å². The normalized spacial score (nSPS) is 10.3. The van der Waals surface area contributed by atoms with Crippen LogP contribution in [0.4, 0.5) is 0 Å². The summed E-state index contributed by atoms with van der Waals surface area (Å²) in [6.45, 7) is 1.81. The Hall–Kier alpha value is -1.84. The van der Waals surface area contributed by atoms with Crippen molar-refractivity contribution in [2.75, 3.05) is 0 Å². The van der Waals surface area contributed by atoms with E-state index >= 15 is 0 Å². The number of hydrogen-bond acceptors (Lipinski definition) is 5. The number of benzene rings is 1. The molecule has 0 aliphatic rings. The van der Waals surface area contributed by atoms with Gasteiger partial charge in [0.05, 0.1) is 12.2 Å². The minimum atomic E-state index is -0.0668. The standard InChI is InChI=1S/C12H12N4OS/c1-8-14-15-12(16(8)2)18-11-4-3-9(7-17)5-10(11)6-13/h3-5,17H,7H2,1-2H3. The van der Waals surface area contributed by atoms with Gasteiger partial charge in [-0.15, -0.1) is 10.2 Å². The van der Waals surface area contributed by atoms with E-state index in [9.17, 15) is 0 Å². The smallest absolute Gasteiger partial charge is 0.195 e. The van der Waals surface area contributed by atoms with Crippen LogP contribution in [0.5, 0.6) is 0 Å². The highest BCUT2D eigenvalue weighted by atomic mass is 32.2. The lowest BCUT2D eigenvalue weighted by Gasteiger charge is -2.05. The molecule has 92 valence electrons. The van der Waals surface area contributed by atoms with E-state index in [2.05, 4.69) is 16.3 Å². The molecule has 2 rings (SSSR count). The summed E-state index contributed by atoms with van der Waals surface area (Å²) in [5.41, 5.74) is 1.26. The van der Waals surface area contributed by atoms with Gasteiger partial charge in [-0.1, -0.05) is 6.07 Å². The molecule has 0 bridgehead atoms. The molecule has 0 saturated carbocycles. The van der Waals surface area contributed by atoms with Crippen molar-refractivity contribution in [1.82, 2.24) is 14.8 Å². The van der Waals surface area contributed by atoms with Gasteiger partial charge in [0.25, 0.3) is 0 Å². The topological polar surface area (TPSA) is 74.7 Å². The van der Waals surface area contributed by atoms with Crippen LogP contribution in [-0.2, 0) is 13.7 Å².